The second-order valence-electron chi connectivity index (χ2n) is 3.07. The second-order valence-corrected chi connectivity index (χ2v) is 6.20. The highest BCUT2D eigenvalue weighted by atomic mass is 79.9. The molecule has 0 amide bonds. The highest BCUT2D eigenvalue weighted by Gasteiger charge is 2.10. The highest BCUT2D eigenvalue weighted by molar-refractivity contribution is 9.10. The number of rotatable bonds is 4. The second kappa shape index (κ2) is 5.18. The van der Waals surface area contributed by atoms with Crippen molar-refractivity contribution in [3.8, 4) is 0 Å². The summed E-state index contributed by atoms with van der Waals surface area (Å²) in [5.74, 6) is 0.00890. The van der Waals surface area contributed by atoms with E-state index in [1.165, 1.54) is 0 Å². The molecule has 0 heterocycles. The van der Waals surface area contributed by atoms with Crippen molar-refractivity contribution in [3.63, 3.8) is 0 Å². The Hall–Kier alpha value is -0.260. The third kappa shape index (κ3) is 4.01. The zero-order valence-corrected chi connectivity index (χ0v) is 11.3. The molecule has 84 valence electrons. The van der Waals surface area contributed by atoms with Crippen molar-refractivity contribution in [2.45, 2.75) is 6.92 Å². The topological polar surface area (TPSA) is 46.2 Å². The molecular weight excluding hydrogens is 302 g/mol. The fourth-order valence-electron chi connectivity index (χ4n) is 1.06. The molecule has 6 heteroatoms. The number of sulfonamides is 1. The summed E-state index contributed by atoms with van der Waals surface area (Å²) in [5.41, 5.74) is 1.45. The van der Waals surface area contributed by atoms with Crippen molar-refractivity contribution < 1.29 is 8.42 Å². The summed E-state index contributed by atoms with van der Waals surface area (Å²) in [4.78, 5) is 0. The van der Waals surface area contributed by atoms with Crippen LogP contribution >= 0.6 is 27.5 Å². The summed E-state index contributed by atoms with van der Waals surface area (Å²) in [6.07, 6.45) is 0. The number of hydrogen-bond acceptors (Lipinski definition) is 2. The lowest BCUT2D eigenvalue weighted by molar-refractivity contribution is 0.602. The molecular formula is C9H11BrClNO2S. The van der Waals surface area contributed by atoms with E-state index >= 15 is 0 Å². The van der Waals surface area contributed by atoms with E-state index in [1.807, 2.05) is 13.0 Å². The van der Waals surface area contributed by atoms with Crippen LogP contribution in [-0.2, 0) is 10.0 Å². The van der Waals surface area contributed by atoms with Gasteiger partial charge in [-0.3, -0.25) is 4.72 Å². The van der Waals surface area contributed by atoms with Gasteiger partial charge in [-0.1, -0.05) is 15.9 Å². The molecule has 0 aliphatic heterocycles. The molecule has 0 saturated heterocycles. The molecule has 3 nitrogen and oxygen atoms in total. The van der Waals surface area contributed by atoms with E-state index in [-0.39, 0.29) is 11.6 Å². The Morgan fingerprint density at radius 2 is 2.13 bits per heavy atom. The standard InChI is InChI=1S/C9H11BrClNO2S/c1-7-6-8(10)2-3-9(7)12-15(13,14)5-4-11/h2-3,6,12H,4-5H2,1H3. The third-order valence-corrected chi connectivity index (χ3v) is 3.98. The van der Waals surface area contributed by atoms with Gasteiger partial charge in [-0.05, 0) is 30.7 Å². The zero-order chi connectivity index (χ0) is 11.5. The lowest BCUT2D eigenvalue weighted by atomic mass is 10.2. The maximum Gasteiger partial charge on any atom is 0.233 e. The maximum atomic E-state index is 11.4. The maximum absolute atomic E-state index is 11.4. The Morgan fingerprint density at radius 1 is 1.47 bits per heavy atom. The third-order valence-electron chi connectivity index (χ3n) is 1.80. The average Bonchev–Trinajstić information content (AvgIpc) is 2.09. The molecule has 0 bridgehead atoms. The fraction of sp³-hybridized carbons (Fsp3) is 0.333. The van der Waals surface area contributed by atoms with Gasteiger partial charge < -0.3 is 0 Å². The van der Waals surface area contributed by atoms with E-state index in [2.05, 4.69) is 20.7 Å². The number of halogens is 2. The van der Waals surface area contributed by atoms with Gasteiger partial charge in [-0.2, -0.15) is 0 Å². The van der Waals surface area contributed by atoms with E-state index in [1.54, 1.807) is 12.1 Å². The molecule has 0 atom stereocenters. The van der Waals surface area contributed by atoms with Crippen LogP contribution in [0.1, 0.15) is 5.56 Å². The van der Waals surface area contributed by atoms with Crippen LogP contribution < -0.4 is 4.72 Å². The summed E-state index contributed by atoms with van der Waals surface area (Å²) < 4.78 is 26.3. The summed E-state index contributed by atoms with van der Waals surface area (Å²) >= 11 is 8.70. The molecule has 1 N–H and O–H groups in total. The van der Waals surface area contributed by atoms with Gasteiger partial charge in [0.1, 0.15) is 0 Å². The van der Waals surface area contributed by atoms with Gasteiger partial charge in [0.2, 0.25) is 10.0 Å². The van der Waals surface area contributed by atoms with Gasteiger partial charge in [-0.25, -0.2) is 8.42 Å². The highest BCUT2D eigenvalue weighted by Crippen LogP contribution is 2.20. The fourth-order valence-corrected chi connectivity index (χ4v) is 3.02. The minimum absolute atomic E-state index is 0.0793. The molecule has 15 heavy (non-hydrogen) atoms. The van der Waals surface area contributed by atoms with Crippen molar-refractivity contribution in [1.82, 2.24) is 0 Å². The first-order valence-corrected chi connectivity index (χ1v) is 7.25. The van der Waals surface area contributed by atoms with E-state index in [0.717, 1.165) is 10.0 Å². The van der Waals surface area contributed by atoms with E-state index in [0.29, 0.717) is 5.69 Å². The minimum atomic E-state index is -3.32. The molecule has 0 radical (unpaired) electrons. The SMILES string of the molecule is Cc1cc(Br)ccc1NS(=O)(=O)CCCl. The van der Waals surface area contributed by atoms with Crippen LogP contribution in [0.5, 0.6) is 0 Å². The Labute approximate surface area is 103 Å². The molecule has 0 unspecified atom stereocenters. The zero-order valence-electron chi connectivity index (χ0n) is 8.13. The van der Waals surface area contributed by atoms with Crippen LogP contribution in [-0.4, -0.2) is 20.1 Å². The summed E-state index contributed by atoms with van der Waals surface area (Å²) in [6.45, 7) is 1.84. The van der Waals surface area contributed by atoms with Crippen LogP contribution in [0.2, 0.25) is 0 Å². The van der Waals surface area contributed by atoms with E-state index in [9.17, 15) is 8.42 Å². The molecule has 1 aromatic rings. The number of aryl methyl sites for hydroxylation is 1. The van der Waals surface area contributed by atoms with Crippen LogP contribution in [0.15, 0.2) is 22.7 Å². The number of benzene rings is 1. The van der Waals surface area contributed by atoms with Crippen molar-refractivity contribution >= 4 is 43.2 Å². The quantitative estimate of drug-likeness (QED) is 0.869. The predicted molar refractivity (Wildman–Crippen MR) is 67.0 cm³/mol. The molecule has 0 saturated carbocycles. The summed E-state index contributed by atoms with van der Waals surface area (Å²) in [7, 11) is -3.32. The molecule has 0 aromatic heterocycles. The van der Waals surface area contributed by atoms with Crippen LogP contribution in [0, 0.1) is 6.92 Å². The van der Waals surface area contributed by atoms with Crippen molar-refractivity contribution in [2.75, 3.05) is 16.4 Å². The molecule has 0 fully saturated rings. The monoisotopic (exact) mass is 311 g/mol. The van der Waals surface area contributed by atoms with Gasteiger partial charge in [-0.15, -0.1) is 11.6 Å². The molecule has 0 aliphatic rings. The van der Waals surface area contributed by atoms with Crippen molar-refractivity contribution in [1.29, 1.82) is 0 Å². The van der Waals surface area contributed by atoms with Gasteiger partial charge in [0.25, 0.3) is 0 Å². The van der Waals surface area contributed by atoms with Crippen LogP contribution in [0.4, 0.5) is 5.69 Å². The lowest BCUT2D eigenvalue weighted by Gasteiger charge is -2.09. The van der Waals surface area contributed by atoms with Crippen molar-refractivity contribution in [2.24, 2.45) is 0 Å². The normalized spacial score (nSPS) is 11.4. The Balaban J connectivity index is 2.90. The number of alkyl halides is 1. The first kappa shape index (κ1) is 12.8. The smallest absolute Gasteiger partial charge is 0.233 e. The minimum Gasteiger partial charge on any atom is -0.283 e. The van der Waals surface area contributed by atoms with Gasteiger partial charge in [0, 0.05) is 10.4 Å². The van der Waals surface area contributed by atoms with Crippen molar-refractivity contribution in [3.05, 3.63) is 28.2 Å². The first-order chi connectivity index (χ1) is 6.94. The summed E-state index contributed by atoms with van der Waals surface area (Å²) in [5, 5.41) is 0. The summed E-state index contributed by atoms with van der Waals surface area (Å²) in [6, 6.07) is 5.34. The first-order valence-electron chi connectivity index (χ1n) is 4.27. The number of anilines is 1. The number of hydrogen-bond donors (Lipinski definition) is 1. The van der Waals surface area contributed by atoms with Gasteiger partial charge in [0.05, 0.1) is 11.4 Å². The molecule has 0 spiro atoms. The Bertz CT molecular complexity index is 447. The largest absolute Gasteiger partial charge is 0.283 e. The molecule has 1 aromatic carbocycles. The van der Waals surface area contributed by atoms with Crippen LogP contribution in [0.3, 0.4) is 0 Å². The Morgan fingerprint density at radius 3 is 2.67 bits per heavy atom. The molecule has 0 aliphatic carbocycles. The lowest BCUT2D eigenvalue weighted by Crippen LogP contribution is -2.18. The van der Waals surface area contributed by atoms with Crippen LogP contribution in [0.25, 0.3) is 0 Å². The van der Waals surface area contributed by atoms with E-state index < -0.39 is 10.0 Å². The van der Waals surface area contributed by atoms with E-state index in [4.69, 9.17) is 11.6 Å². The number of nitrogens with one attached hydrogen (secondary N) is 1. The molecule has 1 rings (SSSR count). The Kier molecular flexibility index (Phi) is 4.43. The van der Waals surface area contributed by atoms with Gasteiger partial charge >= 0.3 is 0 Å². The predicted octanol–water partition coefficient (Wildman–Crippen LogP) is 2.74. The average molecular weight is 313 g/mol. The van der Waals surface area contributed by atoms with Gasteiger partial charge in [0.15, 0.2) is 0 Å².